The lowest BCUT2D eigenvalue weighted by Crippen LogP contribution is -2.33. The summed E-state index contributed by atoms with van der Waals surface area (Å²) in [6.45, 7) is 9.32. The van der Waals surface area contributed by atoms with Gasteiger partial charge in [0.2, 0.25) is 11.7 Å². The van der Waals surface area contributed by atoms with Crippen LogP contribution in [0.15, 0.2) is 11.0 Å². The molecule has 1 aromatic heterocycles. The van der Waals surface area contributed by atoms with Crippen LogP contribution < -0.4 is 4.74 Å². The lowest BCUT2D eigenvalue weighted by Gasteiger charge is -2.35. The highest BCUT2D eigenvalue weighted by molar-refractivity contribution is 7.91. The summed E-state index contributed by atoms with van der Waals surface area (Å²) in [5.41, 5.74) is 2.71. The van der Waals surface area contributed by atoms with E-state index in [1.807, 2.05) is 20.8 Å². The van der Waals surface area contributed by atoms with Crippen molar-refractivity contribution in [1.82, 2.24) is 9.78 Å². The summed E-state index contributed by atoms with van der Waals surface area (Å²) in [4.78, 5) is 27.1. The molecule has 0 unspecified atom stereocenters. The topological polar surface area (TPSA) is 95.3 Å². The number of aryl methyl sites for hydroxylation is 3. The monoisotopic (exact) mass is 486 g/mol. The largest absolute Gasteiger partial charge is 0.407 e. The summed E-state index contributed by atoms with van der Waals surface area (Å²) in [6, 6.07) is 1.66. The fraction of sp³-hybridized carbons (Fsp3) is 0.577. The van der Waals surface area contributed by atoms with Gasteiger partial charge in [0.05, 0.1) is 22.3 Å². The predicted octanol–water partition coefficient (Wildman–Crippen LogP) is 4.52. The Morgan fingerprint density at radius 1 is 1.12 bits per heavy atom. The number of carbonyl (C=O) groups excluding carboxylic acids is 2. The van der Waals surface area contributed by atoms with E-state index in [9.17, 15) is 18.0 Å². The maximum absolute atomic E-state index is 13.9. The van der Waals surface area contributed by atoms with Crippen molar-refractivity contribution in [2.75, 3.05) is 5.75 Å². The molecule has 184 valence electrons. The Labute approximate surface area is 201 Å². The van der Waals surface area contributed by atoms with E-state index in [1.165, 1.54) is 4.68 Å². The predicted molar refractivity (Wildman–Crippen MR) is 129 cm³/mol. The van der Waals surface area contributed by atoms with Crippen molar-refractivity contribution in [3.8, 4) is 5.88 Å². The van der Waals surface area contributed by atoms with Gasteiger partial charge in [-0.1, -0.05) is 33.1 Å². The van der Waals surface area contributed by atoms with Crippen LogP contribution in [0, 0.1) is 26.7 Å². The molecule has 1 aromatic carbocycles. The van der Waals surface area contributed by atoms with Crippen molar-refractivity contribution >= 4 is 21.6 Å². The molecule has 2 heterocycles. The van der Waals surface area contributed by atoms with Crippen LogP contribution in [0.25, 0.3) is 0 Å². The quantitative estimate of drug-likeness (QED) is 0.466. The molecule has 0 atom stereocenters. The van der Waals surface area contributed by atoms with E-state index in [1.54, 1.807) is 27.0 Å². The Kier molecular flexibility index (Phi) is 6.25. The molecule has 7 nitrogen and oxygen atoms in total. The first-order valence-electron chi connectivity index (χ1n) is 12.0. The minimum atomic E-state index is -3.41. The average Bonchev–Trinajstić information content (AvgIpc) is 3.05. The molecule has 8 heteroatoms. The van der Waals surface area contributed by atoms with Gasteiger partial charge < -0.3 is 4.74 Å². The maximum Gasteiger partial charge on any atom is 0.315 e. The van der Waals surface area contributed by atoms with Crippen LogP contribution in [-0.2, 0) is 27.1 Å². The van der Waals surface area contributed by atoms with Crippen molar-refractivity contribution < 1.29 is 22.7 Å². The number of hydrogen-bond acceptors (Lipinski definition) is 6. The molecule has 1 aliphatic carbocycles. The molecule has 4 rings (SSSR count). The molecule has 0 bridgehead atoms. The van der Waals surface area contributed by atoms with E-state index in [0.29, 0.717) is 39.3 Å². The molecule has 0 N–H and O–H groups in total. The van der Waals surface area contributed by atoms with Gasteiger partial charge in [-0.15, -0.1) is 0 Å². The zero-order valence-electron chi connectivity index (χ0n) is 20.9. The summed E-state index contributed by atoms with van der Waals surface area (Å²) in [5, 5.41) is 4.37. The molecule has 2 aliphatic rings. The Morgan fingerprint density at radius 2 is 1.76 bits per heavy atom. The highest BCUT2D eigenvalue weighted by atomic mass is 32.2. The average molecular weight is 487 g/mol. The molecule has 2 aromatic rings. The second-order valence-electron chi connectivity index (χ2n) is 10.5. The summed E-state index contributed by atoms with van der Waals surface area (Å²) >= 11 is 0. The maximum atomic E-state index is 13.9. The Bertz CT molecular complexity index is 1280. The fourth-order valence-electron chi connectivity index (χ4n) is 5.63. The molecule has 34 heavy (non-hydrogen) atoms. The number of hydrogen-bond donors (Lipinski definition) is 0. The number of benzene rings is 1. The number of aromatic nitrogens is 2. The SMILES string of the molecule is Cc1cc(C(=O)c2c(C)nn(C)c2OC(=O)C2CCCCC2)c(C)c2c1S(=O)(=O)CCC2(C)C. The third-order valence-corrected chi connectivity index (χ3v) is 9.38. The van der Waals surface area contributed by atoms with Gasteiger partial charge in [0, 0.05) is 12.6 Å². The third kappa shape index (κ3) is 4.10. The van der Waals surface area contributed by atoms with Crippen LogP contribution in [-0.4, -0.2) is 35.7 Å². The second kappa shape index (κ2) is 8.63. The van der Waals surface area contributed by atoms with Crippen molar-refractivity contribution in [1.29, 1.82) is 0 Å². The summed E-state index contributed by atoms with van der Waals surface area (Å²) < 4.78 is 33.0. The van der Waals surface area contributed by atoms with Gasteiger partial charge in [0.1, 0.15) is 5.56 Å². The lowest BCUT2D eigenvalue weighted by molar-refractivity contribution is -0.140. The Morgan fingerprint density at radius 3 is 2.41 bits per heavy atom. The minimum Gasteiger partial charge on any atom is -0.407 e. The first kappa shape index (κ1) is 24.6. The fourth-order valence-corrected chi connectivity index (χ4v) is 7.90. The van der Waals surface area contributed by atoms with Gasteiger partial charge in [-0.05, 0) is 68.2 Å². The summed E-state index contributed by atoms with van der Waals surface area (Å²) in [7, 11) is -1.75. The number of nitrogens with zero attached hydrogens (tertiary/aromatic N) is 2. The zero-order chi connectivity index (χ0) is 25.0. The number of sulfone groups is 1. The number of ketones is 1. The highest BCUT2D eigenvalue weighted by Crippen LogP contribution is 2.43. The molecule has 0 radical (unpaired) electrons. The summed E-state index contributed by atoms with van der Waals surface area (Å²) in [5.74, 6) is -0.532. The number of fused-ring (bicyclic) bond motifs is 1. The van der Waals surface area contributed by atoms with Gasteiger partial charge in [0.15, 0.2) is 9.84 Å². The van der Waals surface area contributed by atoms with Crippen LogP contribution >= 0.6 is 0 Å². The number of rotatable bonds is 4. The second-order valence-corrected chi connectivity index (χ2v) is 12.5. The van der Waals surface area contributed by atoms with Crippen LogP contribution in [0.3, 0.4) is 0 Å². The van der Waals surface area contributed by atoms with Crippen molar-refractivity contribution in [3.05, 3.63) is 39.6 Å². The molecule has 0 saturated heterocycles. The first-order chi connectivity index (χ1) is 15.8. The van der Waals surface area contributed by atoms with Crippen molar-refractivity contribution in [3.63, 3.8) is 0 Å². The number of carbonyl (C=O) groups is 2. The van der Waals surface area contributed by atoms with Crippen molar-refractivity contribution in [2.45, 2.75) is 83.5 Å². The Hall–Kier alpha value is -2.48. The summed E-state index contributed by atoms with van der Waals surface area (Å²) in [6.07, 6.45) is 5.22. The molecular formula is C26H34N2O5S. The van der Waals surface area contributed by atoms with Crippen LogP contribution in [0.1, 0.15) is 90.7 Å². The molecule has 1 aliphatic heterocycles. The Balaban J connectivity index is 1.81. The molecule has 1 saturated carbocycles. The first-order valence-corrected chi connectivity index (χ1v) is 13.7. The standard InChI is InChI=1S/C26H34N2O5S/c1-15-14-19(16(2)21-23(15)34(31,32)13-12-26(21,4)5)22(29)20-17(3)27-28(6)24(20)33-25(30)18-10-8-7-9-11-18/h14,18H,7-13H2,1-6H3. The van der Waals surface area contributed by atoms with Crippen molar-refractivity contribution in [2.24, 2.45) is 13.0 Å². The zero-order valence-corrected chi connectivity index (χ0v) is 21.8. The van der Waals surface area contributed by atoms with Crippen LogP contribution in [0.4, 0.5) is 0 Å². The molecule has 0 spiro atoms. The molecule has 0 amide bonds. The highest BCUT2D eigenvalue weighted by Gasteiger charge is 2.40. The van der Waals surface area contributed by atoms with Crippen LogP contribution in [0.5, 0.6) is 5.88 Å². The van der Waals surface area contributed by atoms with E-state index in [0.717, 1.165) is 32.1 Å². The number of ether oxygens (including phenoxy) is 1. The van der Waals surface area contributed by atoms with E-state index in [2.05, 4.69) is 5.10 Å². The normalized spacial score (nSPS) is 19.5. The lowest BCUT2D eigenvalue weighted by atomic mass is 9.76. The third-order valence-electron chi connectivity index (χ3n) is 7.49. The number of esters is 1. The van der Waals surface area contributed by atoms with E-state index in [4.69, 9.17) is 4.74 Å². The smallest absolute Gasteiger partial charge is 0.315 e. The van der Waals surface area contributed by atoms with Gasteiger partial charge in [-0.25, -0.2) is 13.1 Å². The van der Waals surface area contributed by atoms with E-state index in [-0.39, 0.29) is 40.3 Å². The van der Waals surface area contributed by atoms with Gasteiger partial charge in [0.25, 0.3) is 0 Å². The van der Waals surface area contributed by atoms with Gasteiger partial charge >= 0.3 is 5.97 Å². The molecule has 1 fully saturated rings. The van der Waals surface area contributed by atoms with Crippen LogP contribution in [0.2, 0.25) is 0 Å². The van der Waals surface area contributed by atoms with E-state index < -0.39 is 9.84 Å². The minimum absolute atomic E-state index is 0.101. The van der Waals surface area contributed by atoms with E-state index >= 15 is 0 Å². The van der Waals surface area contributed by atoms with Gasteiger partial charge in [-0.3, -0.25) is 9.59 Å². The van der Waals surface area contributed by atoms with Gasteiger partial charge in [-0.2, -0.15) is 5.10 Å². The molecular weight excluding hydrogens is 452 g/mol.